The summed E-state index contributed by atoms with van der Waals surface area (Å²) in [5.41, 5.74) is 1.88. The van der Waals surface area contributed by atoms with Gasteiger partial charge in [0.2, 0.25) is 0 Å². The second kappa shape index (κ2) is 8.75. The van der Waals surface area contributed by atoms with Crippen molar-refractivity contribution in [2.45, 2.75) is 6.42 Å². The number of halogens is 1. The van der Waals surface area contributed by atoms with Gasteiger partial charge in [-0.15, -0.1) is 10.2 Å². The summed E-state index contributed by atoms with van der Waals surface area (Å²) in [7, 11) is 1.58. The molecule has 0 spiro atoms. The molecular weight excluding hydrogens is 347 g/mol. The molecule has 0 bridgehead atoms. The molecule has 0 aliphatic rings. The molecule has 3 aromatic rings. The Morgan fingerprint density at radius 2 is 1.74 bits per heavy atom. The van der Waals surface area contributed by atoms with Crippen molar-refractivity contribution in [3.8, 4) is 5.75 Å². The first-order valence-corrected chi connectivity index (χ1v) is 8.41. The molecule has 0 unspecified atom stereocenters. The first-order valence-electron chi connectivity index (χ1n) is 8.41. The van der Waals surface area contributed by atoms with Gasteiger partial charge in [0, 0.05) is 12.2 Å². The van der Waals surface area contributed by atoms with Gasteiger partial charge < -0.3 is 15.4 Å². The van der Waals surface area contributed by atoms with Crippen molar-refractivity contribution in [3.05, 3.63) is 77.7 Å². The molecule has 1 amide bonds. The average Bonchev–Trinajstić information content (AvgIpc) is 2.70. The molecule has 138 valence electrons. The summed E-state index contributed by atoms with van der Waals surface area (Å²) in [5.74, 6) is 0.688. The van der Waals surface area contributed by atoms with Crippen LogP contribution in [-0.2, 0) is 6.42 Å². The number of hydrogen-bond acceptors (Lipinski definition) is 5. The van der Waals surface area contributed by atoms with Crippen molar-refractivity contribution in [1.82, 2.24) is 10.2 Å². The number of carbonyl (C=O) groups is 1. The van der Waals surface area contributed by atoms with Crippen LogP contribution in [0.25, 0.3) is 0 Å². The molecule has 3 rings (SSSR count). The number of benzene rings is 2. The zero-order valence-electron chi connectivity index (χ0n) is 14.8. The Labute approximate surface area is 156 Å². The minimum Gasteiger partial charge on any atom is -0.497 e. The van der Waals surface area contributed by atoms with Crippen molar-refractivity contribution >= 4 is 17.4 Å². The molecule has 2 N–H and O–H groups in total. The minimum atomic E-state index is -0.342. The van der Waals surface area contributed by atoms with E-state index in [1.54, 1.807) is 55.6 Å². The average molecular weight is 366 g/mol. The maximum absolute atomic E-state index is 12.9. The third-order valence-corrected chi connectivity index (χ3v) is 3.88. The molecule has 1 heterocycles. The van der Waals surface area contributed by atoms with Crippen molar-refractivity contribution < 1.29 is 13.9 Å². The highest BCUT2D eigenvalue weighted by Gasteiger charge is 2.09. The predicted molar refractivity (Wildman–Crippen MR) is 102 cm³/mol. The van der Waals surface area contributed by atoms with Gasteiger partial charge >= 0.3 is 0 Å². The second-order valence-electron chi connectivity index (χ2n) is 5.79. The van der Waals surface area contributed by atoms with Gasteiger partial charge in [-0.3, -0.25) is 4.79 Å². The van der Waals surface area contributed by atoms with Crippen LogP contribution in [0.4, 0.5) is 15.9 Å². The Hall–Kier alpha value is -3.48. The van der Waals surface area contributed by atoms with Crippen molar-refractivity contribution in [1.29, 1.82) is 0 Å². The van der Waals surface area contributed by atoms with Crippen LogP contribution in [0.2, 0.25) is 0 Å². The van der Waals surface area contributed by atoms with Crippen molar-refractivity contribution in [2.75, 3.05) is 24.3 Å². The van der Waals surface area contributed by atoms with Gasteiger partial charge in [0.05, 0.1) is 7.11 Å². The summed E-state index contributed by atoms with van der Waals surface area (Å²) >= 11 is 0. The number of hydrogen-bond donors (Lipinski definition) is 2. The molecule has 0 atom stereocenters. The standard InChI is InChI=1S/C20H19FN4O2/c1-27-17-8-6-16(7-9-17)23-20(26)18-10-11-19(25-24-18)22-13-12-14-2-4-15(21)5-3-14/h2-11H,12-13H2,1H3,(H,22,25)(H,23,26). The Bertz CT molecular complexity index is 881. The fourth-order valence-corrected chi connectivity index (χ4v) is 2.40. The van der Waals surface area contributed by atoms with Gasteiger partial charge in [0.1, 0.15) is 17.4 Å². The number of aromatic nitrogens is 2. The lowest BCUT2D eigenvalue weighted by atomic mass is 10.1. The quantitative estimate of drug-likeness (QED) is 0.669. The van der Waals surface area contributed by atoms with Gasteiger partial charge in [-0.1, -0.05) is 12.1 Å². The van der Waals surface area contributed by atoms with Crippen LogP contribution >= 0.6 is 0 Å². The Morgan fingerprint density at radius 1 is 1.00 bits per heavy atom. The fourth-order valence-electron chi connectivity index (χ4n) is 2.40. The molecule has 0 aliphatic carbocycles. The molecule has 0 aliphatic heterocycles. The molecule has 0 saturated heterocycles. The van der Waals surface area contributed by atoms with E-state index in [1.165, 1.54) is 12.1 Å². The second-order valence-corrected chi connectivity index (χ2v) is 5.79. The summed E-state index contributed by atoms with van der Waals surface area (Å²) in [4.78, 5) is 12.2. The molecule has 7 heteroatoms. The van der Waals surface area contributed by atoms with E-state index in [-0.39, 0.29) is 17.4 Å². The minimum absolute atomic E-state index is 0.218. The van der Waals surface area contributed by atoms with Crippen LogP contribution in [-0.4, -0.2) is 29.8 Å². The van der Waals surface area contributed by atoms with E-state index in [4.69, 9.17) is 4.74 Å². The maximum atomic E-state index is 12.9. The zero-order chi connectivity index (χ0) is 19.1. The molecule has 27 heavy (non-hydrogen) atoms. The molecule has 0 saturated carbocycles. The van der Waals surface area contributed by atoms with Crippen LogP contribution in [0.15, 0.2) is 60.7 Å². The predicted octanol–water partition coefficient (Wildman–Crippen LogP) is 3.53. The van der Waals surface area contributed by atoms with Crippen LogP contribution in [0.5, 0.6) is 5.75 Å². The van der Waals surface area contributed by atoms with E-state index in [0.29, 0.717) is 23.8 Å². The topological polar surface area (TPSA) is 76.1 Å². The zero-order valence-corrected chi connectivity index (χ0v) is 14.8. The summed E-state index contributed by atoms with van der Waals surface area (Å²) in [6.07, 6.45) is 0.724. The van der Waals surface area contributed by atoms with E-state index in [9.17, 15) is 9.18 Å². The number of ether oxygens (including phenoxy) is 1. The smallest absolute Gasteiger partial charge is 0.276 e. The Morgan fingerprint density at radius 3 is 2.37 bits per heavy atom. The molecule has 0 fully saturated rings. The third-order valence-electron chi connectivity index (χ3n) is 3.88. The van der Waals surface area contributed by atoms with Gasteiger partial charge in [0.25, 0.3) is 5.91 Å². The number of anilines is 2. The summed E-state index contributed by atoms with van der Waals surface area (Å²) in [5, 5.41) is 13.8. The fraction of sp³-hybridized carbons (Fsp3) is 0.150. The number of nitrogens with one attached hydrogen (secondary N) is 2. The lowest BCUT2D eigenvalue weighted by Crippen LogP contribution is -2.15. The van der Waals surface area contributed by atoms with E-state index in [0.717, 1.165) is 12.0 Å². The monoisotopic (exact) mass is 366 g/mol. The Kier molecular flexibility index (Phi) is 5.94. The van der Waals surface area contributed by atoms with Crippen LogP contribution in [0, 0.1) is 5.82 Å². The highest BCUT2D eigenvalue weighted by atomic mass is 19.1. The van der Waals surface area contributed by atoms with Crippen LogP contribution in [0.1, 0.15) is 16.1 Å². The first-order chi connectivity index (χ1) is 13.1. The number of rotatable bonds is 7. The molecule has 0 radical (unpaired) electrons. The summed E-state index contributed by atoms with van der Waals surface area (Å²) in [6, 6.07) is 16.7. The Balaban J connectivity index is 1.51. The third kappa shape index (κ3) is 5.24. The van der Waals surface area contributed by atoms with E-state index in [2.05, 4.69) is 20.8 Å². The normalized spacial score (nSPS) is 10.3. The van der Waals surface area contributed by atoms with Crippen molar-refractivity contribution in [2.24, 2.45) is 0 Å². The number of amides is 1. The van der Waals surface area contributed by atoms with Crippen LogP contribution < -0.4 is 15.4 Å². The summed E-state index contributed by atoms with van der Waals surface area (Å²) < 4.78 is 18.0. The number of methoxy groups -OCH3 is 1. The molecule has 2 aromatic carbocycles. The SMILES string of the molecule is COc1ccc(NC(=O)c2ccc(NCCc3ccc(F)cc3)nn2)cc1. The largest absolute Gasteiger partial charge is 0.497 e. The maximum Gasteiger partial charge on any atom is 0.276 e. The van der Waals surface area contributed by atoms with Gasteiger partial charge in [0.15, 0.2) is 5.69 Å². The van der Waals surface area contributed by atoms with Gasteiger partial charge in [-0.25, -0.2) is 4.39 Å². The van der Waals surface area contributed by atoms with E-state index in [1.807, 2.05) is 0 Å². The lowest BCUT2D eigenvalue weighted by Gasteiger charge is -2.07. The van der Waals surface area contributed by atoms with E-state index < -0.39 is 0 Å². The molecule has 6 nitrogen and oxygen atoms in total. The molecule has 1 aromatic heterocycles. The van der Waals surface area contributed by atoms with Crippen LogP contribution in [0.3, 0.4) is 0 Å². The highest BCUT2D eigenvalue weighted by molar-refractivity contribution is 6.02. The lowest BCUT2D eigenvalue weighted by molar-refractivity contribution is 0.102. The highest BCUT2D eigenvalue weighted by Crippen LogP contribution is 2.15. The van der Waals surface area contributed by atoms with Crippen molar-refractivity contribution in [3.63, 3.8) is 0 Å². The van der Waals surface area contributed by atoms with Gasteiger partial charge in [-0.05, 0) is 60.5 Å². The summed E-state index contributed by atoms with van der Waals surface area (Å²) in [6.45, 7) is 0.623. The number of nitrogens with zero attached hydrogens (tertiary/aromatic N) is 2. The molecular formula is C20H19FN4O2. The number of carbonyl (C=O) groups excluding carboxylic acids is 1. The van der Waals surface area contributed by atoms with Gasteiger partial charge in [-0.2, -0.15) is 0 Å². The first kappa shape index (κ1) is 18.3. The van der Waals surface area contributed by atoms with E-state index >= 15 is 0 Å².